The van der Waals surface area contributed by atoms with E-state index in [1.165, 1.54) is 5.56 Å². The molecule has 4 aliphatic rings. The lowest BCUT2D eigenvalue weighted by Gasteiger charge is -2.36. The molecule has 8 heteroatoms. The summed E-state index contributed by atoms with van der Waals surface area (Å²) in [7, 11) is 1.74. The predicted octanol–water partition coefficient (Wildman–Crippen LogP) is 7.05. The van der Waals surface area contributed by atoms with E-state index < -0.39 is 5.79 Å². The van der Waals surface area contributed by atoms with Gasteiger partial charge in [-0.25, -0.2) is 0 Å². The fraction of sp³-hybridized carbons (Fsp3) is 0.457. The van der Waals surface area contributed by atoms with E-state index >= 15 is 0 Å². The van der Waals surface area contributed by atoms with Crippen molar-refractivity contribution in [1.82, 2.24) is 4.90 Å². The highest BCUT2D eigenvalue weighted by molar-refractivity contribution is 6.31. The molecule has 0 amide bonds. The fourth-order valence-corrected chi connectivity index (χ4v) is 7.37. The van der Waals surface area contributed by atoms with Crippen molar-refractivity contribution < 1.29 is 19.0 Å². The molecule has 0 spiro atoms. The highest BCUT2D eigenvalue weighted by Crippen LogP contribution is 2.50. The van der Waals surface area contributed by atoms with Gasteiger partial charge in [0.05, 0.1) is 28.6 Å². The largest absolute Gasteiger partial charge is 0.444 e. The molecule has 3 aromatic rings. The molecule has 3 aromatic carbocycles. The average molecular weight is 602 g/mol. The van der Waals surface area contributed by atoms with Gasteiger partial charge in [0.25, 0.3) is 5.79 Å². The van der Waals surface area contributed by atoms with Crippen LogP contribution < -0.4 is 19.7 Å². The van der Waals surface area contributed by atoms with Crippen LogP contribution in [-0.4, -0.2) is 56.7 Å². The van der Waals surface area contributed by atoms with Crippen molar-refractivity contribution in [3.05, 3.63) is 82.4 Å². The van der Waals surface area contributed by atoms with Crippen molar-refractivity contribution in [2.45, 2.75) is 56.9 Å². The third-order valence-corrected chi connectivity index (χ3v) is 10.1. The van der Waals surface area contributed by atoms with E-state index in [9.17, 15) is 4.79 Å². The van der Waals surface area contributed by atoms with Crippen LogP contribution in [0.1, 0.15) is 66.4 Å². The first-order chi connectivity index (χ1) is 20.9. The van der Waals surface area contributed by atoms with Gasteiger partial charge in [-0.3, -0.25) is 9.69 Å². The van der Waals surface area contributed by atoms with Gasteiger partial charge < -0.3 is 24.4 Å². The minimum Gasteiger partial charge on any atom is -0.444 e. The molecule has 0 radical (unpaired) electrons. The summed E-state index contributed by atoms with van der Waals surface area (Å²) in [6.45, 7) is 6.23. The van der Waals surface area contributed by atoms with Crippen molar-refractivity contribution in [2.24, 2.45) is 5.92 Å². The van der Waals surface area contributed by atoms with Crippen LogP contribution in [0.4, 0.5) is 11.4 Å². The summed E-state index contributed by atoms with van der Waals surface area (Å²) in [4.78, 5) is 17.9. The summed E-state index contributed by atoms with van der Waals surface area (Å²) in [5.74, 6) is 1.55. The number of hydrogen-bond donors (Lipinski definition) is 1. The van der Waals surface area contributed by atoms with Crippen LogP contribution in [0.2, 0.25) is 5.02 Å². The Kier molecular flexibility index (Phi) is 7.74. The van der Waals surface area contributed by atoms with E-state index in [4.69, 9.17) is 25.8 Å². The Morgan fingerprint density at radius 2 is 1.86 bits per heavy atom. The molecule has 1 saturated carbocycles. The Morgan fingerprint density at radius 1 is 1.05 bits per heavy atom. The second kappa shape index (κ2) is 11.7. The molecule has 43 heavy (non-hydrogen) atoms. The highest BCUT2D eigenvalue weighted by atomic mass is 35.5. The van der Waals surface area contributed by atoms with E-state index in [2.05, 4.69) is 39.4 Å². The van der Waals surface area contributed by atoms with Gasteiger partial charge in [-0.1, -0.05) is 42.3 Å². The lowest BCUT2D eigenvalue weighted by molar-refractivity contribution is -0.0684. The molecule has 3 heterocycles. The maximum absolute atomic E-state index is 13.0. The first kappa shape index (κ1) is 28.5. The first-order valence-electron chi connectivity index (χ1n) is 15.6. The zero-order chi connectivity index (χ0) is 29.6. The number of methoxy groups -OCH3 is 1. The zero-order valence-corrected chi connectivity index (χ0v) is 25.7. The topological polar surface area (TPSA) is 63.3 Å². The van der Waals surface area contributed by atoms with E-state index in [-0.39, 0.29) is 12.1 Å². The number of halogens is 1. The molecule has 0 bridgehead atoms. The van der Waals surface area contributed by atoms with E-state index in [0.29, 0.717) is 23.3 Å². The molecule has 0 aromatic heterocycles. The second-order valence-electron chi connectivity index (χ2n) is 12.4. The van der Waals surface area contributed by atoms with Crippen LogP contribution in [-0.2, 0) is 10.5 Å². The number of anilines is 2. The quantitative estimate of drug-likeness (QED) is 0.264. The van der Waals surface area contributed by atoms with E-state index in [1.54, 1.807) is 7.11 Å². The van der Waals surface area contributed by atoms with Crippen LogP contribution in [0.15, 0.2) is 60.7 Å². The SMILES string of the molecule is COCCN1c2cc(C(=O)C3CCC3)ccc2NC1CN1CCC(c2cccc3c2OC(C)(c2ccccc2Cl)O3)CC1. The van der Waals surface area contributed by atoms with Gasteiger partial charge >= 0.3 is 0 Å². The maximum Gasteiger partial charge on any atom is 0.276 e. The number of fused-ring (bicyclic) bond motifs is 2. The Hall–Kier alpha value is -3.26. The number of piperidine rings is 1. The van der Waals surface area contributed by atoms with Crippen LogP contribution in [0, 0.1) is 5.92 Å². The smallest absolute Gasteiger partial charge is 0.276 e. The molecule has 7 rings (SSSR count). The number of Topliss-reactive ketones (excluding diaryl/α,β-unsaturated/α-hetero) is 1. The summed E-state index contributed by atoms with van der Waals surface area (Å²) in [6, 6.07) is 20.1. The molecule has 2 unspecified atom stereocenters. The van der Waals surface area contributed by atoms with Crippen molar-refractivity contribution >= 4 is 28.8 Å². The maximum atomic E-state index is 13.0. The lowest BCUT2D eigenvalue weighted by Crippen LogP contribution is -2.48. The first-order valence-corrected chi connectivity index (χ1v) is 16.0. The number of carbonyl (C=O) groups excluding carboxylic acids is 1. The number of para-hydroxylation sites is 1. The normalized spacial score (nSPS) is 23.6. The molecule has 1 saturated heterocycles. The van der Waals surface area contributed by atoms with Crippen LogP contribution in [0.25, 0.3) is 0 Å². The standard InChI is InChI=1S/C35H40ClN3O4/c1-35(27-10-3-4-11-28(27)36)42-31-12-6-9-26(34(31)43-35)23-15-17-38(18-16-23)22-32-37-29-14-13-25(33(40)24-7-5-8-24)21-30(29)39(32)19-20-41-2/h3-4,6,9-14,21,23-24,32,37H,5,7-8,15-20,22H2,1-2H3. The molecular weight excluding hydrogens is 562 g/mol. The molecule has 2 atom stereocenters. The third kappa shape index (κ3) is 5.36. The number of likely N-dealkylation sites (tertiary alicyclic amines) is 1. The molecule has 3 aliphatic heterocycles. The molecule has 226 valence electrons. The molecule has 1 N–H and O–H groups in total. The van der Waals surface area contributed by atoms with Crippen LogP contribution in [0.5, 0.6) is 11.5 Å². The number of rotatable bonds is 9. The fourth-order valence-electron chi connectivity index (χ4n) is 7.07. The number of nitrogens with zero attached hydrogens (tertiary/aromatic N) is 2. The number of nitrogens with one attached hydrogen (secondary N) is 1. The molecular formula is C35H40ClN3O4. The van der Waals surface area contributed by atoms with Crippen molar-refractivity contribution in [1.29, 1.82) is 0 Å². The van der Waals surface area contributed by atoms with Gasteiger partial charge in [-0.05, 0) is 81.1 Å². The Labute approximate surface area is 259 Å². The Morgan fingerprint density at radius 3 is 2.60 bits per heavy atom. The van der Waals surface area contributed by atoms with Gasteiger partial charge in [0, 0.05) is 44.2 Å². The Balaban J connectivity index is 1.02. The van der Waals surface area contributed by atoms with Crippen molar-refractivity contribution in [3.8, 4) is 11.5 Å². The summed E-state index contributed by atoms with van der Waals surface area (Å²) < 4.78 is 18.4. The highest BCUT2D eigenvalue weighted by Gasteiger charge is 2.42. The molecule has 2 fully saturated rings. The lowest BCUT2D eigenvalue weighted by atomic mass is 9.80. The number of benzene rings is 3. The van der Waals surface area contributed by atoms with Crippen LogP contribution in [0.3, 0.4) is 0 Å². The van der Waals surface area contributed by atoms with E-state index in [0.717, 1.165) is 92.3 Å². The second-order valence-corrected chi connectivity index (χ2v) is 12.9. The predicted molar refractivity (Wildman–Crippen MR) is 170 cm³/mol. The molecule has 7 nitrogen and oxygen atoms in total. The average Bonchev–Trinajstić information content (AvgIpc) is 3.52. The van der Waals surface area contributed by atoms with Gasteiger partial charge in [-0.2, -0.15) is 0 Å². The number of carbonyl (C=O) groups is 1. The van der Waals surface area contributed by atoms with Gasteiger partial charge in [0.1, 0.15) is 6.17 Å². The minimum atomic E-state index is -0.950. The number of hydrogen-bond acceptors (Lipinski definition) is 7. The van der Waals surface area contributed by atoms with Crippen LogP contribution >= 0.6 is 11.6 Å². The van der Waals surface area contributed by atoms with Crippen molar-refractivity contribution in [3.63, 3.8) is 0 Å². The number of ketones is 1. The summed E-state index contributed by atoms with van der Waals surface area (Å²) in [5.41, 5.74) is 5.09. The molecule has 1 aliphatic carbocycles. The summed E-state index contributed by atoms with van der Waals surface area (Å²) >= 11 is 6.53. The monoisotopic (exact) mass is 601 g/mol. The van der Waals surface area contributed by atoms with Crippen molar-refractivity contribution in [2.75, 3.05) is 50.1 Å². The Bertz CT molecular complexity index is 1500. The number of ether oxygens (including phenoxy) is 3. The van der Waals surface area contributed by atoms with E-state index in [1.807, 2.05) is 43.3 Å². The zero-order valence-electron chi connectivity index (χ0n) is 25.0. The summed E-state index contributed by atoms with van der Waals surface area (Å²) in [5, 5.41) is 4.38. The summed E-state index contributed by atoms with van der Waals surface area (Å²) in [6.07, 6.45) is 5.42. The van der Waals surface area contributed by atoms with Gasteiger partial charge in [-0.15, -0.1) is 0 Å². The minimum absolute atomic E-state index is 0.129. The van der Waals surface area contributed by atoms with Gasteiger partial charge in [0.2, 0.25) is 0 Å². The van der Waals surface area contributed by atoms with Gasteiger partial charge in [0.15, 0.2) is 17.3 Å². The third-order valence-electron chi connectivity index (χ3n) is 9.73.